The maximum atomic E-state index is 13.3. The smallest absolute Gasteiger partial charge is 0.258 e. The molecule has 1 aromatic heterocycles. The van der Waals surface area contributed by atoms with E-state index in [1.807, 2.05) is 20.8 Å². The molecule has 6 nitrogen and oxygen atoms in total. The molecule has 0 saturated heterocycles. The van der Waals surface area contributed by atoms with Crippen LogP contribution in [0.1, 0.15) is 36.8 Å². The number of carbonyl (C=O) groups excluding carboxylic acids is 1. The average Bonchev–Trinajstić information content (AvgIpc) is 3.06. The summed E-state index contributed by atoms with van der Waals surface area (Å²) in [6.07, 6.45) is 1.05. The second kappa shape index (κ2) is 7.85. The monoisotopic (exact) mass is 449 g/mol. The van der Waals surface area contributed by atoms with Gasteiger partial charge in [0.25, 0.3) is 5.91 Å². The van der Waals surface area contributed by atoms with Gasteiger partial charge in [-0.15, -0.1) is 0 Å². The molecule has 3 aromatic rings. The molecule has 0 atom stereocenters. The molecule has 3 rings (SSSR count). The van der Waals surface area contributed by atoms with Crippen molar-refractivity contribution in [1.29, 1.82) is 0 Å². The molecule has 1 N–H and O–H groups in total. The summed E-state index contributed by atoms with van der Waals surface area (Å²) in [6.45, 7) is 5.92. The van der Waals surface area contributed by atoms with Gasteiger partial charge in [0, 0.05) is 17.7 Å². The van der Waals surface area contributed by atoms with Crippen LogP contribution in [0.4, 0.5) is 10.2 Å². The number of nitrogens with zero attached hydrogens (tertiary/aromatic N) is 2. The van der Waals surface area contributed by atoms with E-state index in [9.17, 15) is 17.6 Å². The van der Waals surface area contributed by atoms with E-state index in [0.717, 1.165) is 6.26 Å². The molecule has 0 saturated carbocycles. The summed E-state index contributed by atoms with van der Waals surface area (Å²) in [5, 5.41) is 7.41. The molecule has 158 valence electrons. The maximum Gasteiger partial charge on any atom is 0.258 e. The Morgan fingerprint density at radius 1 is 1.10 bits per heavy atom. The Kier molecular flexibility index (Phi) is 5.75. The van der Waals surface area contributed by atoms with Crippen molar-refractivity contribution < 1.29 is 17.6 Å². The van der Waals surface area contributed by atoms with Crippen LogP contribution in [-0.2, 0) is 15.3 Å². The van der Waals surface area contributed by atoms with Gasteiger partial charge in [-0.1, -0.05) is 32.4 Å². The Bertz CT molecular complexity index is 1210. The first-order valence-corrected chi connectivity index (χ1v) is 11.3. The van der Waals surface area contributed by atoms with Crippen LogP contribution in [0.2, 0.25) is 5.02 Å². The summed E-state index contributed by atoms with van der Waals surface area (Å²) in [7, 11) is -3.51. The molecule has 30 heavy (non-hydrogen) atoms. The summed E-state index contributed by atoms with van der Waals surface area (Å²) < 4.78 is 38.5. The van der Waals surface area contributed by atoms with Crippen molar-refractivity contribution in [3.05, 3.63) is 70.6 Å². The van der Waals surface area contributed by atoms with Gasteiger partial charge in [-0.3, -0.25) is 4.79 Å². The van der Waals surface area contributed by atoms with E-state index in [-0.39, 0.29) is 20.9 Å². The number of aromatic nitrogens is 2. The van der Waals surface area contributed by atoms with E-state index >= 15 is 0 Å². The molecule has 9 heteroatoms. The highest BCUT2D eigenvalue weighted by atomic mass is 35.5. The first kappa shape index (κ1) is 22.0. The van der Waals surface area contributed by atoms with E-state index in [1.54, 1.807) is 18.2 Å². The van der Waals surface area contributed by atoms with Crippen molar-refractivity contribution in [3.8, 4) is 5.69 Å². The molecule has 0 spiro atoms. The zero-order chi connectivity index (χ0) is 22.3. The summed E-state index contributed by atoms with van der Waals surface area (Å²) >= 11 is 6.14. The zero-order valence-electron chi connectivity index (χ0n) is 16.9. The quantitative estimate of drug-likeness (QED) is 0.630. The standard InChI is InChI=1S/C21H21ClFN3O3S/c1-21(2,3)18-12-19(26(25-18)14-7-5-13(23)6-8-14)24-20(27)16-11-15(30(4,28)29)9-10-17(16)22/h5-12H,1-4H3,(H,24,27). The Morgan fingerprint density at radius 3 is 2.30 bits per heavy atom. The number of rotatable bonds is 4. The van der Waals surface area contributed by atoms with Gasteiger partial charge < -0.3 is 5.32 Å². The fraction of sp³-hybridized carbons (Fsp3) is 0.238. The van der Waals surface area contributed by atoms with Gasteiger partial charge in [0.1, 0.15) is 11.6 Å². The maximum absolute atomic E-state index is 13.3. The van der Waals surface area contributed by atoms with Crippen LogP contribution < -0.4 is 5.32 Å². The second-order valence-electron chi connectivity index (χ2n) is 7.92. The molecule has 0 unspecified atom stereocenters. The van der Waals surface area contributed by atoms with E-state index in [0.29, 0.717) is 17.2 Å². The first-order chi connectivity index (χ1) is 13.9. The van der Waals surface area contributed by atoms with E-state index in [1.165, 1.54) is 35.0 Å². The predicted octanol–water partition coefficient (Wildman–Crippen LogP) is 4.62. The lowest BCUT2D eigenvalue weighted by molar-refractivity contribution is 0.102. The fourth-order valence-electron chi connectivity index (χ4n) is 2.71. The molecular weight excluding hydrogens is 429 g/mol. The third kappa shape index (κ3) is 4.71. The van der Waals surface area contributed by atoms with Crippen molar-refractivity contribution in [2.45, 2.75) is 31.1 Å². The Balaban J connectivity index is 2.05. The number of carbonyl (C=O) groups is 1. The summed E-state index contributed by atoms with van der Waals surface area (Å²) in [5.41, 5.74) is 0.971. The topological polar surface area (TPSA) is 81.1 Å². The predicted molar refractivity (Wildman–Crippen MR) is 115 cm³/mol. The van der Waals surface area contributed by atoms with Gasteiger partial charge in [0.05, 0.1) is 26.9 Å². The largest absolute Gasteiger partial charge is 0.306 e. The van der Waals surface area contributed by atoms with Crippen LogP contribution in [-0.4, -0.2) is 30.4 Å². The van der Waals surface area contributed by atoms with E-state index in [4.69, 9.17) is 11.6 Å². The van der Waals surface area contributed by atoms with Gasteiger partial charge in [0.15, 0.2) is 9.84 Å². The first-order valence-electron chi connectivity index (χ1n) is 9.04. The van der Waals surface area contributed by atoms with Crippen molar-refractivity contribution in [2.24, 2.45) is 0 Å². The molecule has 1 amide bonds. The molecular formula is C21H21ClFN3O3S. The molecule has 1 heterocycles. The average molecular weight is 450 g/mol. The number of nitrogens with one attached hydrogen (secondary N) is 1. The minimum atomic E-state index is -3.51. The number of anilines is 1. The van der Waals surface area contributed by atoms with Crippen LogP contribution in [0.5, 0.6) is 0 Å². The molecule has 0 fully saturated rings. The second-order valence-corrected chi connectivity index (χ2v) is 10.3. The summed E-state index contributed by atoms with van der Waals surface area (Å²) in [5.74, 6) is -0.636. The van der Waals surface area contributed by atoms with Crippen LogP contribution in [0.3, 0.4) is 0 Å². The molecule has 0 aliphatic rings. The highest BCUT2D eigenvalue weighted by Crippen LogP contribution is 2.28. The summed E-state index contributed by atoms with van der Waals surface area (Å²) in [4.78, 5) is 12.9. The van der Waals surface area contributed by atoms with Gasteiger partial charge in [0.2, 0.25) is 0 Å². The van der Waals surface area contributed by atoms with Gasteiger partial charge in [-0.25, -0.2) is 17.5 Å². The van der Waals surface area contributed by atoms with Crippen LogP contribution in [0.25, 0.3) is 5.69 Å². The third-order valence-corrected chi connectivity index (χ3v) is 5.84. The number of amides is 1. The van der Waals surface area contributed by atoms with Gasteiger partial charge in [-0.05, 0) is 42.5 Å². The lowest BCUT2D eigenvalue weighted by Crippen LogP contribution is -2.16. The van der Waals surface area contributed by atoms with E-state index < -0.39 is 21.6 Å². The van der Waals surface area contributed by atoms with Crippen LogP contribution in [0.15, 0.2) is 53.4 Å². The highest BCUT2D eigenvalue weighted by Gasteiger charge is 2.23. The fourth-order valence-corrected chi connectivity index (χ4v) is 3.56. The Hall–Kier alpha value is -2.71. The summed E-state index contributed by atoms with van der Waals surface area (Å²) in [6, 6.07) is 11.3. The van der Waals surface area contributed by atoms with Crippen molar-refractivity contribution >= 4 is 33.2 Å². The minimum Gasteiger partial charge on any atom is -0.306 e. The lowest BCUT2D eigenvalue weighted by Gasteiger charge is -2.14. The number of halogens is 2. The number of hydrogen-bond donors (Lipinski definition) is 1. The van der Waals surface area contributed by atoms with Crippen molar-refractivity contribution in [1.82, 2.24) is 9.78 Å². The SMILES string of the molecule is CC(C)(C)c1cc(NC(=O)c2cc(S(C)(=O)=O)ccc2Cl)n(-c2ccc(F)cc2)n1. The molecule has 0 bridgehead atoms. The third-order valence-electron chi connectivity index (χ3n) is 4.40. The normalized spacial score (nSPS) is 12.1. The Labute approximate surface area is 179 Å². The number of benzene rings is 2. The Morgan fingerprint density at radius 2 is 1.73 bits per heavy atom. The number of hydrogen-bond acceptors (Lipinski definition) is 4. The van der Waals surface area contributed by atoms with Crippen LogP contribution >= 0.6 is 11.6 Å². The lowest BCUT2D eigenvalue weighted by atomic mass is 9.92. The van der Waals surface area contributed by atoms with Gasteiger partial charge in [-0.2, -0.15) is 5.10 Å². The van der Waals surface area contributed by atoms with Crippen molar-refractivity contribution in [3.63, 3.8) is 0 Å². The van der Waals surface area contributed by atoms with E-state index in [2.05, 4.69) is 10.4 Å². The number of sulfone groups is 1. The van der Waals surface area contributed by atoms with Gasteiger partial charge >= 0.3 is 0 Å². The highest BCUT2D eigenvalue weighted by molar-refractivity contribution is 7.90. The molecule has 0 radical (unpaired) electrons. The molecule has 0 aliphatic heterocycles. The van der Waals surface area contributed by atoms with Crippen LogP contribution in [0, 0.1) is 5.82 Å². The molecule has 2 aromatic carbocycles. The molecule has 0 aliphatic carbocycles. The van der Waals surface area contributed by atoms with Crippen molar-refractivity contribution in [2.75, 3.05) is 11.6 Å². The minimum absolute atomic E-state index is 0.0144. The zero-order valence-corrected chi connectivity index (χ0v) is 18.5.